The third-order valence-corrected chi connectivity index (χ3v) is 5.95. The Morgan fingerprint density at radius 1 is 1.00 bits per heavy atom. The average molecular weight is 407 g/mol. The molecular weight excluding hydrogens is 380 g/mol. The van der Waals surface area contributed by atoms with Crippen molar-refractivity contribution in [2.75, 3.05) is 7.11 Å². The standard InChI is InChI=1S/C25H26O3S/c1-4-18-6-10-21(11-7-18)28-17-20-16-19(9-14-24(20)27-3)8-13-23(26)25-15-12-22(5-2)29-25/h6-16H,4-5,17H2,1-3H3/b13-8+. The van der Waals surface area contributed by atoms with E-state index in [9.17, 15) is 4.79 Å². The van der Waals surface area contributed by atoms with Gasteiger partial charge in [0.05, 0.1) is 12.0 Å². The lowest BCUT2D eigenvalue weighted by Crippen LogP contribution is -1.99. The predicted octanol–water partition coefficient (Wildman–Crippen LogP) is 6.36. The maximum Gasteiger partial charge on any atom is 0.195 e. The van der Waals surface area contributed by atoms with Crippen LogP contribution in [-0.2, 0) is 19.4 Å². The summed E-state index contributed by atoms with van der Waals surface area (Å²) in [5, 5.41) is 0. The first-order chi connectivity index (χ1) is 14.1. The quantitative estimate of drug-likeness (QED) is 0.306. The molecular formula is C25H26O3S. The van der Waals surface area contributed by atoms with Crippen LogP contribution in [0.4, 0.5) is 0 Å². The van der Waals surface area contributed by atoms with Crippen LogP contribution >= 0.6 is 11.3 Å². The van der Waals surface area contributed by atoms with Gasteiger partial charge >= 0.3 is 0 Å². The largest absolute Gasteiger partial charge is 0.496 e. The average Bonchev–Trinajstić information content (AvgIpc) is 3.26. The minimum Gasteiger partial charge on any atom is -0.496 e. The molecule has 29 heavy (non-hydrogen) atoms. The fraction of sp³-hybridized carbons (Fsp3) is 0.240. The minimum absolute atomic E-state index is 0.0272. The lowest BCUT2D eigenvalue weighted by molar-refractivity contribution is 0.105. The van der Waals surface area contributed by atoms with E-state index in [1.807, 2.05) is 48.5 Å². The van der Waals surface area contributed by atoms with Crippen molar-refractivity contribution >= 4 is 23.2 Å². The molecule has 3 aromatic rings. The van der Waals surface area contributed by atoms with Gasteiger partial charge in [-0.1, -0.05) is 38.1 Å². The molecule has 1 aromatic heterocycles. The zero-order valence-corrected chi connectivity index (χ0v) is 17.9. The normalized spacial score (nSPS) is 11.0. The first-order valence-corrected chi connectivity index (χ1v) is 10.6. The number of allylic oxidation sites excluding steroid dienone is 1. The highest BCUT2D eigenvalue weighted by Gasteiger charge is 2.07. The van der Waals surface area contributed by atoms with Gasteiger partial charge in [0.25, 0.3) is 0 Å². The number of benzene rings is 2. The van der Waals surface area contributed by atoms with Crippen molar-refractivity contribution in [2.45, 2.75) is 33.3 Å². The SMILES string of the molecule is CCc1ccc(OCc2cc(/C=C/C(=O)c3ccc(CC)s3)ccc2OC)cc1. The molecule has 0 amide bonds. The number of ketones is 1. The molecule has 0 aliphatic heterocycles. The Kier molecular flexibility index (Phi) is 7.25. The van der Waals surface area contributed by atoms with E-state index in [2.05, 4.69) is 26.0 Å². The van der Waals surface area contributed by atoms with Gasteiger partial charge in [-0.25, -0.2) is 0 Å². The van der Waals surface area contributed by atoms with E-state index >= 15 is 0 Å². The van der Waals surface area contributed by atoms with E-state index in [4.69, 9.17) is 9.47 Å². The van der Waals surface area contributed by atoms with Gasteiger partial charge in [0.2, 0.25) is 0 Å². The van der Waals surface area contributed by atoms with Gasteiger partial charge in [-0.05, 0) is 66.4 Å². The van der Waals surface area contributed by atoms with Crippen molar-refractivity contribution in [3.63, 3.8) is 0 Å². The van der Waals surface area contributed by atoms with E-state index in [-0.39, 0.29) is 5.78 Å². The van der Waals surface area contributed by atoms with Gasteiger partial charge in [0, 0.05) is 10.4 Å². The lowest BCUT2D eigenvalue weighted by Gasteiger charge is -2.11. The summed E-state index contributed by atoms with van der Waals surface area (Å²) in [6.07, 6.45) is 5.42. The van der Waals surface area contributed by atoms with Crippen LogP contribution in [0.3, 0.4) is 0 Å². The van der Waals surface area contributed by atoms with Crippen molar-refractivity contribution in [2.24, 2.45) is 0 Å². The molecule has 0 radical (unpaired) electrons. The van der Waals surface area contributed by atoms with Crippen molar-refractivity contribution in [3.8, 4) is 11.5 Å². The molecule has 1 heterocycles. The van der Waals surface area contributed by atoms with E-state index < -0.39 is 0 Å². The molecule has 0 aliphatic carbocycles. The molecule has 0 saturated heterocycles. The Bertz CT molecular complexity index is 984. The molecule has 0 atom stereocenters. The Hall–Kier alpha value is -2.85. The molecule has 0 aliphatic rings. The summed E-state index contributed by atoms with van der Waals surface area (Å²) in [4.78, 5) is 14.4. The summed E-state index contributed by atoms with van der Waals surface area (Å²) >= 11 is 1.55. The number of ether oxygens (including phenoxy) is 2. The third-order valence-electron chi connectivity index (χ3n) is 4.71. The molecule has 4 heteroatoms. The van der Waals surface area contributed by atoms with Crippen molar-refractivity contribution in [1.82, 2.24) is 0 Å². The number of aryl methyl sites for hydroxylation is 2. The number of carbonyl (C=O) groups excluding carboxylic acids is 1. The fourth-order valence-electron chi connectivity index (χ4n) is 2.95. The molecule has 3 nitrogen and oxygen atoms in total. The van der Waals surface area contributed by atoms with Crippen molar-refractivity contribution in [3.05, 3.63) is 87.1 Å². The second kappa shape index (κ2) is 10.1. The number of hydrogen-bond acceptors (Lipinski definition) is 4. The van der Waals surface area contributed by atoms with Gasteiger partial charge in [-0.2, -0.15) is 0 Å². The highest BCUT2D eigenvalue weighted by atomic mass is 32.1. The molecule has 0 N–H and O–H groups in total. The van der Waals surface area contributed by atoms with Crippen molar-refractivity contribution in [1.29, 1.82) is 0 Å². The maximum atomic E-state index is 12.4. The predicted molar refractivity (Wildman–Crippen MR) is 120 cm³/mol. The van der Waals surface area contributed by atoms with Gasteiger partial charge in [-0.3, -0.25) is 4.79 Å². The fourth-order valence-corrected chi connectivity index (χ4v) is 3.82. The summed E-state index contributed by atoms with van der Waals surface area (Å²) in [5.41, 5.74) is 3.15. The minimum atomic E-state index is 0.0272. The van der Waals surface area contributed by atoms with Gasteiger partial charge in [0.1, 0.15) is 18.1 Å². The first kappa shape index (κ1) is 20.9. The number of rotatable bonds is 9. The zero-order chi connectivity index (χ0) is 20.6. The van der Waals surface area contributed by atoms with E-state index in [0.717, 1.165) is 40.3 Å². The monoisotopic (exact) mass is 406 g/mol. The summed E-state index contributed by atoms with van der Waals surface area (Å²) in [7, 11) is 1.65. The Morgan fingerprint density at radius 3 is 2.45 bits per heavy atom. The summed E-state index contributed by atoms with van der Waals surface area (Å²) in [6, 6.07) is 17.9. The summed E-state index contributed by atoms with van der Waals surface area (Å²) in [6.45, 7) is 4.62. The van der Waals surface area contributed by atoms with Gasteiger partial charge in [-0.15, -0.1) is 11.3 Å². The third kappa shape index (κ3) is 5.58. The van der Waals surface area contributed by atoms with Crippen LogP contribution in [0.2, 0.25) is 0 Å². The highest BCUT2D eigenvalue weighted by Crippen LogP contribution is 2.24. The maximum absolute atomic E-state index is 12.4. The second-order valence-corrected chi connectivity index (χ2v) is 7.84. The first-order valence-electron chi connectivity index (χ1n) is 9.82. The van der Waals surface area contributed by atoms with Crippen LogP contribution in [0.25, 0.3) is 6.08 Å². The topological polar surface area (TPSA) is 35.5 Å². The Morgan fingerprint density at radius 2 is 1.79 bits per heavy atom. The van der Waals surface area contributed by atoms with Crippen LogP contribution in [0, 0.1) is 0 Å². The smallest absolute Gasteiger partial charge is 0.195 e. The van der Waals surface area contributed by atoms with Crippen molar-refractivity contribution < 1.29 is 14.3 Å². The zero-order valence-electron chi connectivity index (χ0n) is 17.1. The number of methoxy groups -OCH3 is 1. The van der Waals surface area contributed by atoms with Gasteiger partial charge in [0.15, 0.2) is 5.78 Å². The van der Waals surface area contributed by atoms with Crippen LogP contribution in [0.1, 0.15) is 45.1 Å². The van der Waals surface area contributed by atoms with Crippen LogP contribution in [0.15, 0.2) is 60.7 Å². The molecule has 0 fully saturated rings. The van der Waals surface area contributed by atoms with Crippen LogP contribution in [-0.4, -0.2) is 12.9 Å². The molecule has 3 rings (SSSR count). The van der Waals surface area contributed by atoms with E-state index in [1.54, 1.807) is 24.5 Å². The van der Waals surface area contributed by atoms with Gasteiger partial charge < -0.3 is 9.47 Å². The summed E-state index contributed by atoms with van der Waals surface area (Å²) < 4.78 is 11.4. The molecule has 2 aromatic carbocycles. The van der Waals surface area contributed by atoms with Crippen LogP contribution < -0.4 is 9.47 Å². The Labute approximate surface area is 176 Å². The number of thiophene rings is 1. The second-order valence-electron chi connectivity index (χ2n) is 6.67. The Balaban J connectivity index is 1.70. The molecule has 150 valence electrons. The molecule has 0 unspecified atom stereocenters. The van der Waals surface area contributed by atoms with E-state index in [0.29, 0.717) is 6.61 Å². The summed E-state index contributed by atoms with van der Waals surface area (Å²) in [5.74, 6) is 1.62. The van der Waals surface area contributed by atoms with Crippen LogP contribution in [0.5, 0.6) is 11.5 Å². The lowest BCUT2D eigenvalue weighted by atomic mass is 10.1. The highest BCUT2D eigenvalue weighted by molar-refractivity contribution is 7.14. The van der Waals surface area contributed by atoms with E-state index in [1.165, 1.54) is 10.4 Å². The molecule has 0 spiro atoms. The molecule has 0 saturated carbocycles. The molecule has 0 bridgehead atoms. The number of carbonyl (C=O) groups is 1. The number of hydrogen-bond donors (Lipinski definition) is 0.